The summed E-state index contributed by atoms with van der Waals surface area (Å²) >= 11 is 6.05. The number of aliphatic hydroxyl groups is 1. The van der Waals surface area contributed by atoms with Gasteiger partial charge in [-0.25, -0.2) is 0 Å². The lowest BCUT2D eigenvalue weighted by Crippen LogP contribution is -2.46. The maximum Gasteiger partial charge on any atom is 0.261 e. The first-order valence-electron chi connectivity index (χ1n) is 13.2. The van der Waals surface area contributed by atoms with Crippen molar-refractivity contribution in [1.29, 1.82) is 0 Å². The zero-order valence-corrected chi connectivity index (χ0v) is 22.4. The van der Waals surface area contributed by atoms with Crippen molar-refractivity contribution in [3.05, 3.63) is 87.1 Å². The molecule has 0 aromatic heterocycles. The second-order valence-corrected chi connectivity index (χ2v) is 11.0. The summed E-state index contributed by atoms with van der Waals surface area (Å²) in [5, 5.41) is 14.5. The highest BCUT2D eigenvalue weighted by Crippen LogP contribution is 2.38. The van der Waals surface area contributed by atoms with Crippen LogP contribution >= 0.6 is 11.6 Å². The van der Waals surface area contributed by atoms with Gasteiger partial charge in [-0.15, -0.1) is 0 Å². The van der Waals surface area contributed by atoms with E-state index >= 15 is 0 Å². The summed E-state index contributed by atoms with van der Waals surface area (Å²) in [4.78, 5) is 47.9. The van der Waals surface area contributed by atoms with Crippen LogP contribution in [0.3, 0.4) is 0 Å². The van der Waals surface area contributed by atoms with E-state index in [2.05, 4.69) is 15.2 Å². The molecule has 4 aliphatic rings. The van der Waals surface area contributed by atoms with E-state index in [1.807, 2.05) is 7.05 Å². The number of amides is 2. The molecule has 0 saturated carbocycles. The number of Topliss-reactive ketones (excluding diaryl/α,β-unsaturated/α-hetero) is 1. The van der Waals surface area contributed by atoms with E-state index in [1.54, 1.807) is 48.6 Å². The van der Waals surface area contributed by atoms with Gasteiger partial charge in [-0.3, -0.25) is 24.3 Å². The number of likely N-dealkylation sites (tertiary alicyclic amines) is 1. The molecule has 0 bridgehead atoms. The van der Waals surface area contributed by atoms with Crippen molar-refractivity contribution in [3.8, 4) is 0 Å². The minimum Gasteiger partial charge on any atom is -0.386 e. The molecule has 8 nitrogen and oxygen atoms in total. The maximum atomic E-state index is 13.3. The van der Waals surface area contributed by atoms with E-state index in [9.17, 15) is 19.5 Å². The van der Waals surface area contributed by atoms with Gasteiger partial charge < -0.3 is 15.3 Å². The van der Waals surface area contributed by atoms with Crippen LogP contribution in [0.2, 0.25) is 5.02 Å². The topological polar surface area (TPSA) is 102 Å². The Hall–Kier alpha value is -3.59. The van der Waals surface area contributed by atoms with Crippen LogP contribution < -0.4 is 5.32 Å². The first-order valence-corrected chi connectivity index (χ1v) is 13.6. The molecule has 0 unspecified atom stereocenters. The number of rotatable bonds is 4. The third kappa shape index (κ3) is 4.73. The van der Waals surface area contributed by atoms with Gasteiger partial charge in [0.25, 0.3) is 11.8 Å². The number of benzene rings is 2. The monoisotopic (exact) mass is 544 g/mol. The average Bonchev–Trinajstić information content (AvgIpc) is 3.44. The number of halogens is 1. The quantitative estimate of drug-likeness (QED) is 0.446. The van der Waals surface area contributed by atoms with Crippen LogP contribution in [-0.2, 0) is 11.2 Å². The normalized spacial score (nSPS) is 23.4. The number of nitrogens with zero attached hydrogens (tertiary/aromatic N) is 3. The van der Waals surface area contributed by atoms with Crippen molar-refractivity contribution in [2.45, 2.75) is 37.8 Å². The van der Waals surface area contributed by atoms with Gasteiger partial charge in [0.05, 0.1) is 35.1 Å². The average molecular weight is 545 g/mol. The smallest absolute Gasteiger partial charge is 0.261 e. The number of ketones is 1. The number of fused-ring (bicyclic) bond motifs is 2. The van der Waals surface area contributed by atoms with Crippen molar-refractivity contribution in [2.24, 2.45) is 4.99 Å². The summed E-state index contributed by atoms with van der Waals surface area (Å²) < 4.78 is 0. The largest absolute Gasteiger partial charge is 0.386 e. The number of carbonyl (C=O) groups excluding carboxylic acids is 3. The Bertz CT molecular complexity index is 1440. The molecule has 3 heterocycles. The summed E-state index contributed by atoms with van der Waals surface area (Å²) in [5.74, 6) is -0.552. The second-order valence-electron chi connectivity index (χ2n) is 10.6. The Kier molecular flexibility index (Phi) is 6.71. The van der Waals surface area contributed by atoms with Gasteiger partial charge in [-0.1, -0.05) is 29.8 Å². The fraction of sp³-hybridized carbons (Fsp3) is 0.333. The minimum atomic E-state index is -0.867. The molecule has 0 radical (unpaired) electrons. The Morgan fingerprint density at radius 1 is 1.10 bits per heavy atom. The van der Waals surface area contributed by atoms with E-state index in [0.29, 0.717) is 45.1 Å². The fourth-order valence-electron chi connectivity index (χ4n) is 5.81. The van der Waals surface area contributed by atoms with Gasteiger partial charge in [0, 0.05) is 35.3 Å². The number of imide groups is 1. The number of hydrogen-bond acceptors (Lipinski definition) is 7. The van der Waals surface area contributed by atoms with Crippen molar-refractivity contribution in [2.75, 3.05) is 32.0 Å². The molecule has 1 aliphatic carbocycles. The van der Waals surface area contributed by atoms with E-state index in [-0.39, 0.29) is 36.6 Å². The predicted octanol–water partition coefficient (Wildman–Crippen LogP) is 3.96. The molecule has 200 valence electrons. The van der Waals surface area contributed by atoms with Crippen molar-refractivity contribution in [1.82, 2.24) is 9.80 Å². The first-order chi connectivity index (χ1) is 18.8. The Balaban J connectivity index is 1.26. The van der Waals surface area contributed by atoms with E-state index in [0.717, 1.165) is 37.2 Å². The standard InChI is InChI=1S/C30H29ClN4O4/c1-34-10-8-20(9-11-34)35-29(38)21-13-18-14-25(33-24(18)15-22(21)30(35)39)28-23(6-3-7-26(28)36)32-16-27(37)17-4-2-5-19(31)12-17/h2-6,12-13,15,20,27,33,37H,7-11,14,16H2,1H3/t27-/m1/s1. The highest BCUT2D eigenvalue weighted by molar-refractivity contribution is 6.30. The van der Waals surface area contributed by atoms with Crippen LogP contribution in [0.25, 0.3) is 0 Å². The molecule has 6 rings (SSSR count). The molecule has 9 heteroatoms. The zero-order valence-electron chi connectivity index (χ0n) is 21.6. The number of aliphatic hydroxyl groups excluding tert-OH is 1. The molecule has 39 heavy (non-hydrogen) atoms. The summed E-state index contributed by atoms with van der Waals surface area (Å²) in [6.45, 7) is 1.78. The lowest BCUT2D eigenvalue weighted by molar-refractivity contribution is -0.114. The van der Waals surface area contributed by atoms with E-state index < -0.39 is 6.10 Å². The third-order valence-electron chi connectivity index (χ3n) is 7.93. The Morgan fingerprint density at radius 2 is 1.85 bits per heavy atom. The SMILES string of the molecule is CN1CCC(N2C(=O)c3cc4c(cc3C2=O)NC(=C2C(=O)CC=CC2=NC[C@@H](O)c2cccc(Cl)c2)C4)CC1. The highest BCUT2D eigenvalue weighted by atomic mass is 35.5. The number of allylic oxidation sites excluding steroid dienone is 4. The Labute approximate surface area is 231 Å². The molecule has 1 atom stereocenters. The van der Waals surface area contributed by atoms with Gasteiger partial charge >= 0.3 is 0 Å². The number of nitrogens with one attached hydrogen (secondary N) is 1. The van der Waals surface area contributed by atoms with Gasteiger partial charge in [0.1, 0.15) is 0 Å². The van der Waals surface area contributed by atoms with Crippen molar-refractivity contribution in [3.63, 3.8) is 0 Å². The zero-order chi connectivity index (χ0) is 27.3. The number of aliphatic imine (C=N–C) groups is 1. The highest BCUT2D eigenvalue weighted by Gasteiger charge is 2.42. The molecule has 2 aromatic rings. The number of anilines is 1. The minimum absolute atomic E-state index is 0.0706. The second kappa shape index (κ2) is 10.2. The van der Waals surface area contributed by atoms with Crippen LogP contribution in [0.5, 0.6) is 0 Å². The number of carbonyl (C=O) groups is 3. The lowest BCUT2D eigenvalue weighted by atomic mass is 9.93. The summed E-state index contributed by atoms with van der Waals surface area (Å²) in [6, 6.07) is 10.4. The van der Waals surface area contributed by atoms with E-state index in [4.69, 9.17) is 11.6 Å². The third-order valence-corrected chi connectivity index (χ3v) is 8.17. The van der Waals surface area contributed by atoms with Gasteiger partial charge in [-0.2, -0.15) is 0 Å². The summed E-state index contributed by atoms with van der Waals surface area (Å²) in [6.07, 6.45) is 4.93. The summed E-state index contributed by atoms with van der Waals surface area (Å²) in [7, 11) is 2.05. The van der Waals surface area contributed by atoms with E-state index in [1.165, 1.54) is 4.90 Å². The molecular weight excluding hydrogens is 516 g/mol. The molecule has 0 spiro atoms. The predicted molar refractivity (Wildman–Crippen MR) is 149 cm³/mol. The molecule has 1 fully saturated rings. The van der Waals surface area contributed by atoms with Crippen LogP contribution in [0.1, 0.15) is 57.2 Å². The van der Waals surface area contributed by atoms with Crippen molar-refractivity contribution >= 4 is 40.6 Å². The van der Waals surface area contributed by atoms with Gasteiger partial charge in [-0.05, 0) is 74.4 Å². The Morgan fingerprint density at radius 3 is 2.59 bits per heavy atom. The fourth-order valence-corrected chi connectivity index (χ4v) is 6.01. The number of hydrogen-bond donors (Lipinski definition) is 2. The van der Waals surface area contributed by atoms with Crippen LogP contribution in [0, 0.1) is 0 Å². The van der Waals surface area contributed by atoms with Gasteiger partial charge in [0.2, 0.25) is 0 Å². The molecule has 2 N–H and O–H groups in total. The number of piperidine rings is 1. The maximum absolute atomic E-state index is 13.3. The molecule has 1 saturated heterocycles. The van der Waals surface area contributed by atoms with Crippen LogP contribution in [0.15, 0.2) is 64.8 Å². The summed E-state index contributed by atoms with van der Waals surface area (Å²) in [5.41, 5.74) is 4.73. The molecular formula is C30H29ClN4O4. The molecule has 2 amide bonds. The lowest BCUT2D eigenvalue weighted by Gasteiger charge is -2.33. The van der Waals surface area contributed by atoms with Crippen molar-refractivity contribution < 1.29 is 19.5 Å². The molecule has 2 aromatic carbocycles. The van der Waals surface area contributed by atoms with Crippen LogP contribution in [0.4, 0.5) is 5.69 Å². The molecule has 3 aliphatic heterocycles. The van der Waals surface area contributed by atoms with Crippen LogP contribution in [-0.4, -0.2) is 70.9 Å². The van der Waals surface area contributed by atoms with Gasteiger partial charge in [0.15, 0.2) is 5.78 Å². The first kappa shape index (κ1) is 25.7.